The number of benzene rings is 2. The van der Waals surface area contributed by atoms with E-state index in [1.165, 1.54) is 0 Å². The van der Waals surface area contributed by atoms with Gasteiger partial charge in [0.2, 0.25) is 0 Å². The minimum atomic E-state index is -0.450. The number of esters is 1. The third-order valence-electron chi connectivity index (χ3n) is 5.66. The first-order valence-corrected chi connectivity index (χ1v) is 11.5. The summed E-state index contributed by atoms with van der Waals surface area (Å²) in [4.78, 5) is 14.5. The first-order chi connectivity index (χ1) is 16.0. The maximum atomic E-state index is 12.5. The summed E-state index contributed by atoms with van der Waals surface area (Å²) in [6, 6.07) is 14.9. The summed E-state index contributed by atoms with van der Waals surface area (Å²) >= 11 is 0. The number of hydrogen-bond donors (Lipinski definition) is 3. The van der Waals surface area contributed by atoms with Crippen LogP contribution in [0.1, 0.15) is 37.8 Å². The highest BCUT2D eigenvalue weighted by Crippen LogP contribution is 2.24. The minimum Gasteiger partial charge on any atom is -0.490 e. The van der Waals surface area contributed by atoms with E-state index in [1.807, 2.05) is 79.4 Å². The minimum absolute atomic E-state index is 0.0367. The number of piperidine rings is 1. The third kappa shape index (κ3) is 7.08. The van der Waals surface area contributed by atoms with Gasteiger partial charge in [-0.15, -0.1) is 0 Å². The Labute approximate surface area is 196 Å². The van der Waals surface area contributed by atoms with Gasteiger partial charge < -0.3 is 25.4 Å². The Balaban J connectivity index is 1.74. The molecule has 2 aromatic carbocycles. The molecule has 1 saturated heterocycles. The molecule has 1 aliphatic heterocycles. The molecule has 1 aliphatic rings. The summed E-state index contributed by atoms with van der Waals surface area (Å²) in [7, 11) is 0. The van der Waals surface area contributed by atoms with E-state index in [0.717, 1.165) is 42.9 Å². The van der Waals surface area contributed by atoms with Crippen molar-refractivity contribution in [2.75, 3.05) is 31.1 Å². The van der Waals surface area contributed by atoms with Crippen molar-refractivity contribution in [1.82, 2.24) is 5.32 Å². The highest BCUT2D eigenvalue weighted by molar-refractivity contribution is 5.95. The van der Waals surface area contributed by atoms with Crippen molar-refractivity contribution in [3.05, 3.63) is 65.7 Å². The Kier molecular flexibility index (Phi) is 8.89. The number of nitrogen functional groups attached to an aromatic ring is 1. The number of anilines is 1. The number of nitrogens with one attached hydrogen (secondary N) is 2. The predicted octanol–water partition coefficient (Wildman–Crippen LogP) is 3.57. The highest BCUT2D eigenvalue weighted by Gasteiger charge is 2.22. The first kappa shape index (κ1) is 24.3. The SMILES string of the molecule is CCOC(=O)C(C)N(C/C=C/c1cccc(C(=N)N)c1)c1ccc(OC2CCNCC2)cc1. The lowest BCUT2D eigenvalue weighted by molar-refractivity contribution is -0.144. The normalized spacial score (nSPS) is 15.2. The third-order valence-corrected chi connectivity index (χ3v) is 5.66. The maximum absolute atomic E-state index is 12.5. The monoisotopic (exact) mass is 450 g/mol. The molecular weight excluding hydrogens is 416 g/mol. The van der Waals surface area contributed by atoms with E-state index < -0.39 is 6.04 Å². The van der Waals surface area contributed by atoms with Gasteiger partial charge in [0.15, 0.2) is 0 Å². The average Bonchev–Trinajstić information content (AvgIpc) is 2.83. The van der Waals surface area contributed by atoms with Crippen LogP contribution in [0.3, 0.4) is 0 Å². The van der Waals surface area contributed by atoms with E-state index in [4.69, 9.17) is 20.6 Å². The van der Waals surface area contributed by atoms with Crippen LogP contribution in [0.5, 0.6) is 5.75 Å². The molecule has 7 heteroatoms. The van der Waals surface area contributed by atoms with Gasteiger partial charge in [0.05, 0.1) is 6.61 Å². The molecule has 1 fully saturated rings. The highest BCUT2D eigenvalue weighted by atomic mass is 16.5. The molecule has 33 heavy (non-hydrogen) atoms. The quantitative estimate of drug-likeness (QED) is 0.291. The smallest absolute Gasteiger partial charge is 0.328 e. The van der Waals surface area contributed by atoms with E-state index in [-0.39, 0.29) is 17.9 Å². The fourth-order valence-electron chi connectivity index (χ4n) is 3.81. The Morgan fingerprint density at radius 2 is 1.97 bits per heavy atom. The molecule has 0 spiro atoms. The molecule has 0 saturated carbocycles. The van der Waals surface area contributed by atoms with E-state index in [9.17, 15) is 4.79 Å². The van der Waals surface area contributed by atoms with Crippen molar-refractivity contribution in [1.29, 1.82) is 5.41 Å². The molecule has 0 amide bonds. The Morgan fingerprint density at radius 3 is 2.64 bits per heavy atom. The summed E-state index contributed by atoms with van der Waals surface area (Å²) in [5, 5.41) is 11.0. The zero-order valence-corrected chi connectivity index (χ0v) is 19.4. The van der Waals surface area contributed by atoms with Gasteiger partial charge in [-0.3, -0.25) is 5.41 Å². The number of nitrogens with two attached hydrogens (primary N) is 1. The van der Waals surface area contributed by atoms with Gasteiger partial charge in [-0.2, -0.15) is 0 Å². The number of nitrogens with zero attached hydrogens (tertiary/aromatic N) is 1. The Bertz CT molecular complexity index is 952. The van der Waals surface area contributed by atoms with Gasteiger partial charge in [-0.1, -0.05) is 30.4 Å². The van der Waals surface area contributed by atoms with Crippen LogP contribution >= 0.6 is 0 Å². The second-order valence-electron chi connectivity index (χ2n) is 8.08. The van der Waals surface area contributed by atoms with Crippen LogP contribution in [0.2, 0.25) is 0 Å². The Hall–Kier alpha value is -3.32. The average molecular weight is 451 g/mol. The number of ether oxygens (including phenoxy) is 2. The lowest BCUT2D eigenvalue weighted by Gasteiger charge is -2.29. The van der Waals surface area contributed by atoms with Crippen molar-refractivity contribution >= 4 is 23.6 Å². The standard InChI is InChI=1S/C26H34N4O3/c1-3-32-26(31)19(2)30(17-5-7-20-6-4-8-21(18-20)25(27)28)22-9-11-23(12-10-22)33-24-13-15-29-16-14-24/h4-12,18-19,24,29H,3,13-17H2,1-2H3,(H3,27,28)/b7-5+. The van der Waals surface area contributed by atoms with E-state index in [0.29, 0.717) is 18.7 Å². The van der Waals surface area contributed by atoms with Gasteiger partial charge in [-0.25, -0.2) is 4.79 Å². The first-order valence-electron chi connectivity index (χ1n) is 11.5. The molecule has 0 bridgehead atoms. The molecule has 0 radical (unpaired) electrons. The summed E-state index contributed by atoms with van der Waals surface area (Å²) in [5.41, 5.74) is 8.13. The summed E-state index contributed by atoms with van der Waals surface area (Å²) in [6.07, 6.45) is 6.20. The number of carbonyl (C=O) groups excluding carboxylic acids is 1. The number of amidine groups is 1. The molecule has 1 heterocycles. The van der Waals surface area contributed by atoms with Crippen LogP contribution in [0.15, 0.2) is 54.6 Å². The molecule has 1 unspecified atom stereocenters. The largest absolute Gasteiger partial charge is 0.490 e. The topological polar surface area (TPSA) is 101 Å². The zero-order valence-electron chi connectivity index (χ0n) is 19.4. The van der Waals surface area contributed by atoms with Crippen molar-refractivity contribution in [2.24, 2.45) is 5.73 Å². The van der Waals surface area contributed by atoms with Gasteiger partial charge in [-0.05, 0) is 75.7 Å². The van der Waals surface area contributed by atoms with Crippen molar-refractivity contribution in [2.45, 2.75) is 38.8 Å². The lowest BCUT2D eigenvalue weighted by atomic mass is 10.1. The number of carbonyl (C=O) groups is 1. The molecule has 0 aromatic heterocycles. The summed E-state index contributed by atoms with van der Waals surface area (Å²) in [5.74, 6) is 0.611. The summed E-state index contributed by atoms with van der Waals surface area (Å²) in [6.45, 7) is 6.47. The van der Waals surface area contributed by atoms with Crippen LogP contribution in [-0.4, -0.2) is 50.2 Å². The van der Waals surface area contributed by atoms with Gasteiger partial charge in [0.1, 0.15) is 23.7 Å². The number of hydrogen-bond acceptors (Lipinski definition) is 6. The predicted molar refractivity (Wildman–Crippen MR) is 133 cm³/mol. The molecule has 3 rings (SSSR count). The van der Waals surface area contributed by atoms with Crippen LogP contribution in [0.4, 0.5) is 5.69 Å². The second-order valence-corrected chi connectivity index (χ2v) is 8.08. The van der Waals surface area contributed by atoms with Gasteiger partial charge >= 0.3 is 5.97 Å². The van der Waals surface area contributed by atoms with Gasteiger partial charge in [0.25, 0.3) is 0 Å². The second kappa shape index (κ2) is 12.1. The Morgan fingerprint density at radius 1 is 1.24 bits per heavy atom. The van der Waals surface area contributed by atoms with E-state index in [1.54, 1.807) is 0 Å². The van der Waals surface area contributed by atoms with E-state index in [2.05, 4.69) is 5.32 Å². The van der Waals surface area contributed by atoms with Crippen LogP contribution in [0, 0.1) is 5.41 Å². The van der Waals surface area contributed by atoms with Crippen molar-refractivity contribution in [3.63, 3.8) is 0 Å². The molecule has 4 N–H and O–H groups in total. The summed E-state index contributed by atoms with van der Waals surface area (Å²) < 4.78 is 11.4. The van der Waals surface area contributed by atoms with Crippen LogP contribution in [-0.2, 0) is 9.53 Å². The van der Waals surface area contributed by atoms with Gasteiger partial charge in [0, 0.05) is 17.8 Å². The lowest BCUT2D eigenvalue weighted by Crippen LogP contribution is -2.40. The van der Waals surface area contributed by atoms with Crippen LogP contribution < -0.4 is 20.7 Å². The molecule has 2 aromatic rings. The van der Waals surface area contributed by atoms with Crippen molar-refractivity contribution < 1.29 is 14.3 Å². The molecule has 7 nitrogen and oxygen atoms in total. The number of rotatable bonds is 10. The molecule has 176 valence electrons. The molecule has 1 atom stereocenters. The molecule has 0 aliphatic carbocycles. The maximum Gasteiger partial charge on any atom is 0.328 e. The fraction of sp³-hybridized carbons (Fsp3) is 0.385. The van der Waals surface area contributed by atoms with E-state index >= 15 is 0 Å². The fourth-order valence-corrected chi connectivity index (χ4v) is 3.81. The molecular formula is C26H34N4O3. The zero-order chi connectivity index (χ0) is 23.6. The van der Waals surface area contributed by atoms with Crippen LogP contribution in [0.25, 0.3) is 6.08 Å². The van der Waals surface area contributed by atoms with Crippen molar-refractivity contribution in [3.8, 4) is 5.75 Å².